The van der Waals surface area contributed by atoms with Crippen LogP contribution in [0, 0.1) is 17.8 Å². The van der Waals surface area contributed by atoms with Crippen molar-refractivity contribution < 1.29 is 15.0 Å². The molecule has 4 bridgehead atoms. The van der Waals surface area contributed by atoms with Crippen molar-refractivity contribution in [2.45, 2.75) is 82.0 Å². The number of carbonyl (C=O) groups excluding carboxylic acids is 1. The second-order valence-corrected chi connectivity index (χ2v) is 10.6. The maximum absolute atomic E-state index is 13.2. The van der Waals surface area contributed by atoms with E-state index in [9.17, 15) is 15.0 Å². The molecule has 2 atom stereocenters. The Labute approximate surface area is 171 Å². The zero-order valence-electron chi connectivity index (χ0n) is 17.3. The van der Waals surface area contributed by atoms with Crippen LogP contribution in [0.5, 0.6) is 0 Å². The molecule has 4 N–H and O–H groups in total. The summed E-state index contributed by atoms with van der Waals surface area (Å²) in [5, 5.41) is 27.1. The van der Waals surface area contributed by atoms with Crippen LogP contribution in [0.2, 0.25) is 0 Å². The van der Waals surface area contributed by atoms with E-state index < -0.39 is 11.2 Å². The number of carbonyl (C=O) groups is 1. The Morgan fingerprint density at radius 2 is 1.93 bits per heavy atom. The second kappa shape index (κ2) is 6.64. The topological polar surface area (TPSA) is 107 Å². The van der Waals surface area contributed by atoms with Crippen LogP contribution >= 0.6 is 0 Å². The first kappa shape index (κ1) is 19.2. The van der Waals surface area contributed by atoms with Gasteiger partial charge in [-0.2, -0.15) is 0 Å². The fourth-order valence-corrected chi connectivity index (χ4v) is 6.06. The first-order valence-electron chi connectivity index (χ1n) is 11.1. The van der Waals surface area contributed by atoms with E-state index in [4.69, 9.17) is 0 Å². The number of hydrogen-bond acceptors (Lipinski definition) is 6. The molecule has 1 amide bonds. The summed E-state index contributed by atoms with van der Waals surface area (Å²) in [7, 11) is 0. The quantitative estimate of drug-likeness (QED) is 0.583. The maximum Gasteiger partial charge on any atom is 0.254 e. The molecular weight excluding hydrogens is 368 g/mol. The minimum Gasteiger partial charge on any atom is -0.390 e. The van der Waals surface area contributed by atoms with Crippen molar-refractivity contribution in [2.75, 3.05) is 11.9 Å². The first-order chi connectivity index (χ1) is 13.7. The molecule has 158 valence electrons. The molecule has 5 fully saturated rings. The molecule has 1 aromatic heterocycles. The summed E-state index contributed by atoms with van der Waals surface area (Å²) in [5.41, 5.74) is 0.0447. The summed E-state index contributed by atoms with van der Waals surface area (Å²) in [6.07, 6.45) is 8.54. The highest BCUT2D eigenvalue weighted by molar-refractivity contribution is 5.95. The number of rotatable bonds is 6. The van der Waals surface area contributed by atoms with Crippen molar-refractivity contribution in [3.05, 3.63) is 17.5 Å². The Morgan fingerprint density at radius 3 is 2.52 bits per heavy atom. The van der Waals surface area contributed by atoms with Gasteiger partial charge in [0.05, 0.1) is 22.5 Å². The Kier molecular flexibility index (Phi) is 4.41. The van der Waals surface area contributed by atoms with Gasteiger partial charge in [-0.3, -0.25) is 4.79 Å². The van der Waals surface area contributed by atoms with E-state index in [0.29, 0.717) is 41.7 Å². The van der Waals surface area contributed by atoms with Crippen LogP contribution in [0.15, 0.2) is 6.20 Å². The van der Waals surface area contributed by atoms with Crippen molar-refractivity contribution in [1.82, 2.24) is 15.3 Å². The summed E-state index contributed by atoms with van der Waals surface area (Å²) in [5.74, 6) is 2.09. The van der Waals surface area contributed by atoms with Crippen LogP contribution in [0.3, 0.4) is 0 Å². The van der Waals surface area contributed by atoms with Crippen molar-refractivity contribution >= 4 is 11.9 Å². The van der Waals surface area contributed by atoms with Crippen LogP contribution < -0.4 is 10.6 Å². The standard InChI is InChI=1S/C22H32N4O3/c1-21(2,28)11-24-20-23-10-16(18(26-20)13-3-4-13)19(27)25-17-14-5-12-6-15(17)9-22(29,7-12)8-14/h10,12-15,17,28-29H,3-9,11H2,1-2H3,(H,25,27)(H,23,24,26)/t12?,14?,15?,17-,22+. The summed E-state index contributed by atoms with van der Waals surface area (Å²) < 4.78 is 0. The fourth-order valence-electron chi connectivity index (χ4n) is 6.06. The maximum atomic E-state index is 13.2. The molecule has 5 aliphatic rings. The van der Waals surface area contributed by atoms with Gasteiger partial charge in [0, 0.05) is 24.7 Å². The molecule has 29 heavy (non-hydrogen) atoms. The number of aliphatic hydroxyl groups is 2. The fraction of sp³-hybridized carbons (Fsp3) is 0.773. The molecule has 7 heteroatoms. The molecule has 0 aliphatic heterocycles. The largest absolute Gasteiger partial charge is 0.390 e. The van der Waals surface area contributed by atoms with E-state index in [1.165, 1.54) is 0 Å². The molecule has 1 aromatic rings. The number of hydrogen-bond donors (Lipinski definition) is 4. The highest BCUT2D eigenvalue weighted by Crippen LogP contribution is 2.55. The molecule has 0 radical (unpaired) electrons. The third-order valence-corrected chi connectivity index (χ3v) is 7.24. The average Bonchev–Trinajstić information content (AvgIpc) is 3.46. The zero-order valence-corrected chi connectivity index (χ0v) is 17.3. The van der Waals surface area contributed by atoms with E-state index in [2.05, 4.69) is 20.6 Å². The number of aromatic nitrogens is 2. The highest BCUT2D eigenvalue weighted by Gasteiger charge is 2.55. The lowest BCUT2D eigenvalue weighted by Crippen LogP contribution is -2.61. The Balaban J connectivity index is 1.32. The van der Waals surface area contributed by atoms with Crippen LogP contribution in [-0.2, 0) is 0 Å². The molecule has 6 rings (SSSR count). The van der Waals surface area contributed by atoms with E-state index in [1.807, 2.05) is 0 Å². The molecule has 5 aliphatic carbocycles. The minimum atomic E-state index is -0.858. The molecule has 0 spiro atoms. The van der Waals surface area contributed by atoms with Gasteiger partial charge in [-0.15, -0.1) is 0 Å². The van der Waals surface area contributed by atoms with Gasteiger partial charge >= 0.3 is 0 Å². The van der Waals surface area contributed by atoms with Crippen molar-refractivity contribution in [3.63, 3.8) is 0 Å². The van der Waals surface area contributed by atoms with Crippen LogP contribution in [0.1, 0.15) is 80.8 Å². The van der Waals surface area contributed by atoms with Gasteiger partial charge in [-0.25, -0.2) is 9.97 Å². The van der Waals surface area contributed by atoms with E-state index in [-0.39, 0.29) is 11.9 Å². The Morgan fingerprint density at radius 1 is 1.24 bits per heavy atom. The van der Waals surface area contributed by atoms with E-state index >= 15 is 0 Å². The molecule has 5 saturated carbocycles. The summed E-state index contributed by atoms with van der Waals surface area (Å²) in [6.45, 7) is 3.80. The van der Waals surface area contributed by atoms with Gasteiger partial charge in [0.15, 0.2) is 0 Å². The van der Waals surface area contributed by atoms with E-state index in [1.54, 1.807) is 20.0 Å². The van der Waals surface area contributed by atoms with Crippen molar-refractivity contribution in [2.24, 2.45) is 17.8 Å². The Hall–Kier alpha value is -1.73. The van der Waals surface area contributed by atoms with Gasteiger partial charge < -0.3 is 20.8 Å². The Bertz CT molecular complexity index is 801. The van der Waals surface area contributed by atoms with Crippen LogP contribution in [0.4, 0.5) is 5.95 Å². The monoisotopic (exact) mass is 400 g/mol. The minimum absolute atomic E-state index is 0.0783. The summed E-state index contributed by atoms with van der Waals surface area (Å²) in [4.78, 5) is 22.1. The summed E-state index contributed by atoms with van der Waals surface area (Å²) in [6, 6.07) is 0.152. The lowest BCUT2D eigenvalue weighted by molar-refractivity contribution is -0.136. The number of nitrogens with zero attached hydrogens (tertiary/aromatic N) is 2. The first-order valence-corrected chi connectivity index (χ1v) is 11.1. The molecule has 0 saturated heterocycles. The van der Waals surface area contributed by atoms with Crippen LogP contribution in [-0.4, -0.2) is 49.9 Å². The molecular formula is C22H32N4O3. The number of amides is 1. The highest BCUT2D eigenvalue weighted by atomic mass is 16.3. The van der Waals surface area contributed by atoms with Gasteiger partial charge in [-0.05, 0) is 76.5 Å². The molecule has 2 unspecified atom stereocenters. The SMILES string of the molecule is CC(C)(O)CNc1ncc(C(=O)N[C@H]2C3CC4CC2C[C@@](O)(C4)C3)c(C2CC2)n1. The average molecular weight is 401 g/mol. The lowest BCUT2D eigenvalue weighted by atomic mass is 9.52. The summed E-state index contributed by atoms with van der Waals surface area (Å²) >= 11 is 0. The van der Waals surface area contributed by atoms with Crippen molar-refractivity contribution in [3.8, 4) is 0 Å². The molecule has 7 nitrogen and oxygen atoms in total. The lowest BCUT2D eigenvalue weighted by Gasteiger charge is -2.58. The normalized spacial score (nSPS) is 35.6. The second-order valence-electron chi connectivity index (χ2n) is 10.6. The van der Waals surface area contributed by atoms with Gasteiger partial charge in [-0.1, -0.05) is 0 Å². The zero-order chi connectivity index (χ0) is 20.4. The predicted octanol–water partition coefficient (Wildman–Crippen LogP) is 2.21. The van der Waals surface area contributed by atoms with Gasteiger partial charge in [0.2, 0.25) is 5.95 Å². The third-order valence-electron chi connectivity index (χ3n) is 7.24. The smallest absolute Gasteiger partial charge is 0.254 e. The van der Waals surface area contributed by atoms with Crippen LogP contribution in [0.25, 0.3) is 0 Å². The number of nitrogens with one attached hydrogen (secondary N) is 2. The number of anilines is 1. The van der Waals surface area contributed by atoms with Gasteiger partial charge in [0.25, 0.3) is 5.91 Å². The third kappa shape index (κ3) is 3.87. The van der Waals surface area contributed by atoms with E-state index in [0.717, 1.165) is 50.6 Å². The predicted molar refractivity (Wildman–Crippen MR) is 109 cm³/mol. The molecule has 0 aromatic carbocycles. The molecule has 1 heterocycles. The van der Waals surface area contributed by atoms with Crippen molar-refractivity contribution in [1.29, 1.82) is 0 Å². The van der Waals surface area contributed by atoms with Gasteiger partial charge in [0.1, 0.15) is 0 Å².